The lowest BCUT2D eigenvalue weighted by molar-refractivity contribution is -0.148. The molecule has 1 unspecified atom stereocenters. The van der Waals surface area contributed by atoms with Crippen LogP contribution < -0.4 is 4.74 Å². The van der Waals surface area contributed by atoms with Gasteiger partial charge in [0.05, 0.1) is 5.41 Å². The fourth-order valence-electron chi connectivity index (χ4n) is 1.68. The van der Waals surface area contributed by atoms with E-state index >= 15 is 0 Å². The summed E-state index contributed by atoms with van der Waals surface area (Å²) in [6, 6.07) is 5.05. The molecule has 0 heterocycles. The van der Waals surface area contributed by atoms with E-state index in [1.165, 1.54) is 0 Å². The quantitative estimate of drug-likeness (QED) is 0.808. The van der Waals surface area contributed by atoms with Gasteiger partial charge in [0.25, 0.3) is 0 Å². The second-order valence-electron chi connectivity index (χ2n) is 4.56. The van der Waals surface area contributed by atoms with Gasteiger partial charge >= 0.3 is 0 Å². The van der Waals surface area contributed by atoms with Crippen LogP contribution in [0.5, 0.6) is 5.75 Å². The first-order valence-corrected chi connectivity index (χ1v) is 5.81. The molecule has 0 amide bonds. The summed E-state index contributed by atoms with van der Waals surface area (Å²) in [5, 5.41) is 1.07. The van der Waals surface area contributed by atoms with Gasteiger partial charge in [-0.1, -0.05) is 23.2 Å². The van der Waals surface area contributed by atoms with Crippen molar-refractivity contribution in [2.75, 3.05) is 0 Å². The number of hydrogen-bond donors (Lipinski definition) is 0. The van der Waals surface area contributed by atoms with E-state index in [0.717, 1.165) is 0 Å². The van der Waals surface area contributed by atoms with E-state index in [0.29, 0.717) is 22.2 Å². The highest BCUT2D eigenvalue weighted by Crippen LogP contribution is 2.40. The molecule has 1 aromatic carbocycles. The molecule has 1 atom stereocenters. The first kappa shape index (κ1) is 11.7. The number of ether oxygens (including phenoxy) is 1. The second-order valence-corrected chi connectivity index (χ2v) is 5.43. The zero-order valence-corrected chi connectivity index (χ0v) is 10.6. The van der Waals surface area contributed by atoms with Crippen LogP contribution in [-0.4, -0.2) is 11.9 Å². The Morgan fingerprint density at radius 2 is 1.81 bits per heavy atom. The fourth-order valence-corrected chi connectivity index (χ4v) is 2.19. The largest absolute Gasteiger partial charge is 0.489 e. The molecule has 1 aliphatic carbocycles. The molecule has 0 aliphatic heterocycles. The first-order valence-electron chi connectivity index (χ1n) is 5.05. The normalized spacial score (nSPS) is 22.8. The highest BCUT2D eigenvalue weighted by molar-refractivity contribution is 6.34. The summed E-state index contributed by atoms with van der Waals surface area (Å²) in [6.07, 6.45) is 0.367. The molecule has 2 rings (SSSR count). The SMILES string of the molecule is CC1(C)C(=O)CC1Oc1cc(Cl)cc(Cl)c1. The number of ketones is 1. The fraction of sp³-hybridized carbons (Fsp3) is 0.417. The van der Waals surface area contributed by atoms with Gasteiger partial charge in [0.1, 0.15) is 17.6 Å². The van der Waals surface area contributed by atoms with Gasteiger partial charge in [-0.05, 0) is 32.0 Å². The summed E-state index contributed by atoms with van der Waals surface area (Å²) in [4.78, 5) is 11.4. The molecule has 16 heavy (non-hydrogen) atoms. The van der Waals surface area contributed by atoms with Crippen molar-refractivity contribution in [1.29, 1.82) is 0 Å². The van der Waals surface area contributed by atoms with Gasteiger partial charge in [-0.25, -0.2) is 0 Å². The van der Waals surface area contributed by atoms with E-state index in [1.54, 1.807) is 18.2 Å². The van der Waals surface area contributed by atoms with Gasteiger partial charge in [0, 0.05) is 16.5 Å². The highest BCUT2D eigenvalue weighted by atomic mass is 35.5. The summed E-state index contributed by atoms with van der Waals surface area (Å²) in [7, 11) is 0. The molecule has 0 saturated heterocycles. The molecule has 0 bridgehead atoms. The van der Waals surface area contributed by atoms with Gasteiger partial charge in [-0.15, -0.1) is 0 Å². The Labute approximate surface area is 104 Å². The van der Waals surface area contributed by atoms with Crippen LogP contribution in [0.3, 0.4) is 0 Å². The third-order valence-electron chi connectivity index (χ3n) is 3.01. The van der Waals surface area contributed by atoms with E-state index in [2.05, 4.69) is 0 Å². The number of rotatable bonds is 2. The molecular weight excluding hydrogens is 247 g/mol. The monoisotopic (exact) mass is 258 g/mol. The lowest BCUT2D eigenvalue weighted by Gasteiger charge is -2.41. The standard InChI is InChI=1S/C12H12Cl2O2/c1-12(2)10(15)6-11(12)16-9-4-7(13)3-8(14)5-9/h3-5,11H,6H2,1-2H3. The van der Waals surface area contributed by atoms with Crippen LogP contribution in [0.15, 0.2) is 18.2 Å². The maximum absolute atomic E-state index is 11.4. The van der Waals surface area contributed by atoms with Crippen molar-refractivity contribution in [1.82, 2.24) is 0 Å². The molecule has 86 valence electrons. The lowest BCUT2D eigenvalue weighted by Crippen LogP contribution is -2.52. The maximum atomic E-state index is 11.4. The topological polar surface area (TPSA) is 26.3 Å². The maximum Gasteiger partial charge on any atom is 0.145 e. The molecule has 1 aromatic rings. The van der Waals surface area contributed by atoms with Crippen molar-refractivity contribution in [3.8, 4) is 5.75 Å². The number of halogens is 2. The van der Waals surface area contributed by atoms with Crippen LogP contribution in [0.1, 0.15) is 20.3 Å². The Hall–Kier alpha value is -0.730. The van der Waals surface area contributed by atoms with Crippen LogP contribution >= 0.6 is 23.2 Å². The molecule has 1 aliphatic rings. The van der Waals surface area contributed by atoms with Gasteiger partial charge in [-0.3, -0.25) is 4.79 Å². The number of hydrogen-bond acceptors (Lipinski definition) is 2. The minimum atomic E-state index is -0.408. The minimum Gasteiger partial charge on any atom is -0.489 e. The van der Waals surface area contributed by atoms with Crippen molar-refractivity contribution in [3.63, 3.8) is 0 Å². The van der Waals surface area contributed by atoms with Crippen molar-refractivity contribution in [2.24, 2.45) is 5.41 Å². The van der Waals surface area contributed by atoms with Gasteiger partial charge in [-0.2, -0.15) is 0 Å². The first-order chi connectivity index (χ1) is 7.39. The van der Waals surface area contributed by atoms with Crippen molar-refractivity contribution < 1.29 is 9.53 Å². The third kappa shape index (κ3) is 2.04. The predicted molar refractivity (Wildman–Crippen MR) is 64.3 cm³/mol. The Kier molecular flexibility index (Phi) is 2.89. The van der Waals surface area contributed by atoms with E-state index in [1.807, 2.05) is 13.8 Å². The summed E-state index contributed by atoms with van der Waals surface area (Å²) in [6.45, 7) is 3.77. The Balaban J connectivity index is 2.14. The van der Waals surface area contributed by atoms with Crippen LogP contribution in [-0.2, 0) is 4.79 Å². The number of carbonyl (C=O) groups excluding carboxylic acids is 1. The van der Waals surface area contributed by atoms with Crippen molar-refractivity contribution in [2.45, 2.75) is 26.4 Å². The smallest absolute Gasteiger partial charge is 0.145 e. The molecular formula is C12H12Cl2O2. The van der Waals surface area contributed by atoms with E-state index < -0.39 is 5.41 Å². The molecule has 0 N–H and O–H groups in total. The molecule has 2 nitrogen and oxygen atoms in total. The third-order valence-corrected chi connectivity index (χ3v) is 3.45. The van der Waals surface area contributed by atoms with E-state index in [-0.39, 0.29) is 11.9 Å². The van der Waals surface area contributed by atoms with Gasteiger partial charge < -0.3 is 4.74 Å². The Bertz CT molecular complexity index is 420. The average molecular weight is 259 g/mol. The average Bonchev–Trinajstić information content (AvgIpc) is 2.15. The molecule has 1 saturated carbocycles. The molecule has 0 aromatic heterocycles. The van der Waals surface area contributed by atoms with E-state index in [4.69, 9.17) is 27.9 Å². The number of Topliss-reactive ketones (excluding diaryl/α,β-unsaturated/α-hetero) is 1. The van der Waals surface area contributed by atoms with Crippen molar-refractivity contribution >= 4 is 29.0 Å². The molecule has 1 fully saturated rings. The van der Waals surface area contributed by atoms with Crippen LogP contribution in [0.4, 0.5) is 0 Å². The zero-order valence-electron chi connectivity index (χ0n) is 9.09. The van der Waals surface area contributed by atoms with E-state index in [9.17, 15) is 4.79 Å². The summed E-state index contributed by atoms with van der Waals surface area (Å²) < 4.78 is 5.71. The van der Waals surface area contributed by atoms with Crippen LogP contribution in [0.2, 0.25) is 10.0 Å². The second kappa shape index (κ2) is 3.94. The Morgan fingerprint density at radius 1 is 1.25 bits per heavy atom. The molecule has 0 radical (unpaired) electrons. The minimum absolute atomic E-state index is 0.0884. The van der Waals surface area contributed by atoms with Crippen LogP contribution in [0, 0.1) is 5.41 Å². The molecule has 0 spiro atoms. The highest BCUT2D eigenvalue weighted by Gasteiger charge is 2.49. The van der Waals surface area contributed by atoms with Crippen molar-refractivity contribution in [3.05, 3.63) is 28.2 Å². The Morgan fingerprint density at radius 3 is 2.25 bits per heavy atom. The summed E-state index contributed by atoms with van der Waals surface area (Å²) >= 11 is 11.7. The zero-order chi connectivity index (χ0) is 11.9. The lowest BCUT2D eigenvalue weighted by atomic mass is 9.68. The summed E-state index contributed by atoms with van der Waals surface area (Å²) in [5.74, 6) is 0.841. The van der Waals surface area contributed by atoms with Gasteiger partial charge in [0.15, 0.2) is 0 Å². The number of carbonyl (C=O) groups is 1. The van der Waals surface area contributed by atoms with Gasteiger partial charge in [0.2, 0.25) is 0 Å². The molecule has 4 heteroatoms. The van der Waals surface area contributed by atoms with Crippen LogP contribution in [0.25, 0.3) is 0 Å². The predicted octanol–water partition coefficient (Wildman–Crippen LogP) is 3.74. The summed E-state index contributed by atoms with van der Waals surface area (Å²) in [5.41, 5.74) is -0.408. The number of benzene rings is 1.